The van der Waals surface area contributed by atoms with E-state index in [0.29, 0.717) is 24.2 Å². The molecule has 0 aromatic carbocycles. The molecule has 2 unspecified atom stereocenters. The van der Waals surface area contributed by atoms with Crippen molar-refractivity contribution in [3.8, 4) is 0 Å². The van der Waals surface area contributed by atoms with E-state index < -0.39 is 0 Å². The third-order valence-corrected chi connectivity index (χ3v) is 3.84. The molecule has 2 aliphatic rings. The maximum Gasteiger partial charge on any atom is 0.222 e. The van der Waals surface area contributed by atoms with Crippen LogP contribution in [0.4, 0.5) is 0 Å². The molecule has 2 atom stereocenters. The SMILES string of the molecule is CN(CC1CCCOC1)C(=O)CC1CCNC1. The van der Waals surface area contributed by atoms with Crippen LogP contribution in [0.2, 0.25) is 0 Å². The lowest BCUT2D eigenvalue weighted by Crippen LogP contribution is -2.36. The van der Waals surface area contributed by atoms with Crippen LogP contribution in [-0.2, 0) is 9.53 Å². The van der Waals surface area contributed by atoms with Crippen molar-refractivity contribution in [1.82, 2.24) is 10.2 Å². The zero-order valence-electron chi connectivity index (χ0n) is 10.8. The number of hydrogen-bond acceptors (Lipinski definition) is 3. The van der Waals surface area contributed by atoms with Gasteiger partial charge >= 0.3 is 0 Å². The summed E-state index contributed by atoms with van der Waals surface area (Å²) in [6.45, 7) is 4.65. The normalized spacial score (nSPS) is 29.2. The van der Waals surface area contributed by atoms with Crippen LogP contribution in [-0.4, -0.2) is 50.7 Å². The van der Waals surface area contributed by atoms with Gasteiger partial charge in [-0.1, -0.05) is 0 Å². The van der Waals surface area contributed by atoms with Crippen molar-refractivity contribution in [2.45, 2.75) is 25.7 Å². The third kappa shape index (κ3) is 3.96. The van der Waals surface area contributed by atoms with Crippen LogP contribution in [0.25, 0.3) is 0 Å². The van der Waals surface area contributed by atoms with E-state index in [-0.39, 0.29) is 0 Å². The molecule has 0 aliphatic carbocycles. The second kappa shape index (κ2) is 6.36. The van der Waals surface area contributed by atoms with E-state index in [0.717, 1.165) is 45.7 Å². The highest BCUT2D eigenvalue weighted by molar-refractivity contribution is 5.76. The smallest absolute Gasteiger partial charge is 0.222 e. The predicted molar refractivity (Wildman–Crippen MR) is 66.8 cm³/mol. The fourth-order valence-electron chi connectivity index (χ4n) is 2.73. The first kappa shape index (κ1) is 12.8. The predicted octanol–water partition coefficient (Wildman–Crippen LogP) is 0.871. The van der Waals surface area contributed by atoms with Crippen molar-refractivity contribution in [3.05, 3.63) is 0 Å². The van der Waals surface area contributed by atoms with Crippen molar-refractivity contribution in [3.63, 3.8) is 0 Å². The monoisotopic (exact) mass is 240 g/mol. The standard InChI is InChI=1S/C13H24N2O2/c1-15(9-12-3-2-6-17-10-12)13(16)7-11-4-5-14-8-11/h11-12,14H,2-10H2,1H3. The molecule has 17 heavy (non-hydrogen) atoms. The number of carbonyl (C=O) groups is 1. The van der Waals surface area contributed by atoms with Gasteiger partial charge in [0.15, 0.2) is 0 Å². The molecule has 0 radical (unpaired) electrons. The summed E-state index contributed by atoms with van der Waals surface area (Å²) in [5, 5.41) is 3.31. The zero-order valence-corrected chi connectivity index (χ0v) is 10.8. The lowest BCUT2D eigenvalue weighted by atomic mass is 10.0. The van der Waals surface area contributed by atoms with Gasteiger partial charge in [0.25, 0.3) is 0 Å². The topological polar surface area (TPSA) is 41.6 Å². The van der Waals surface area contributed by atoms with Gasteiger partial charge in [-0.25, -0.2) is 0 Å². The summed E-state index contributed by atoms with van der Waals surface area (Å²) in [6, 6.07) is 0. The summed E-state index contributed by atoms with van der Waals surface area (Å²) < 4.78 is 5.45. The molecule has 4 heteroatoms. The summed E-state index contributed by atoms with van der Waals surface area (Å²) in [7, 11) is 1.93. The van der Waals surface area contributed by atoms with Crippen molar-refractivity contribution in [2.75, 3.05) is 39.9 Å². The second-order valence-corrected chi connectivity index (χ2v) is 5.42. The van der Waals surface area contributed by atoms with Gasteiger partial charge in [0.05, 0.1) is 6.61 Å². The van der Waals surface area contributed by atoms with E-state index in [1.54, 1.807) is 0 Å². The largest absolute Gasteiger partial charge is 0.381 e. The van der Waals surface area contributed by atoms with Gasteiger partial charge in [0.2, 0.25) is 5.91 Å². The maximum absolute atomic E-state index is 12.0. The molecule has 98 valence electrons. The molecule has 0 aromatic rings. The molecular formula is C13H24N2O2. The quantitative estimate of drug-likeness (QED) is 0.793. The number of amides is 1. The summed E-state index contributed by atoms with van der Waals surface area (Å²) in [6.07, 6.45) is 4.19. The van der Waals surface area contributed by atoms with Crippen molar-refractivity contribution >= 4 is 5.91 Å². The van der Waals surface area contributed by atoms with Crippen LogP contribution >= 0.6 is 0 Å². The highest BCUT2D eigenvalue weighted by atomic mass is 16.5. The number of nitrogens with zero attached hydrogens (tertiary/aromatic N) is 1. The van der Waals surface area contributed by atoms with Gasteiger partial charge in [-0.15, -0.1) is 0 Å². The van der Waals surface area contributed by atoms with Crippen molar-refractivity contribution < 1.29 is 9.53 Å². The van der Waals surface area contributed by atoms with Crippen LogP contribution in [0, 0.1) is 11.8 Å². The van der Waals surface area contributed by atoms with Gasteiger partial charge in [0.1, 0.15) is 0 Å². The van der Waals surface area contributed by atoms with E-state index in [1.807, 2.05) is 11.9 Å². The fraction of sp³-hybridized carbons (Fsp3) is 0.923. The second-order valence-electron chi connectivity index (χ2n) is 5.42. The molecule has 0 bridgehead atoms. The number of hydrogen-bond donors (Lipinski definition) is 1. The molecule has 2 aliphatic heterocycles. The molecule has 0 saturated carbocycles. The van der Waals surface area contributed by atoms with E-state index in [1.165, 1.54) is 6.42 Å². The Morgan fingerprint density at radius 1 is 1.41 bits per heavy atom. The Kier molecular flexibility index (Phi) is 4.80. The molecule has 2 saturated heterocycles. The first-order chi connectivity index (χ1) is 8.25. The Balaban J connectivity index is 1.70. The first-order valence-electron chi connectivity index (χ1n) is 6.78. The number of rotatable bonds is 4. The van der Waals surface area contributed by atoms with Gasteiger partial charge < -0.3 is 15.0 Å². The lowest BCUT2D eigenvalue weighted by Gasteiger charge is -2.27. The van der Waals surface area contributed by atoms with Gasteiger partial charge in [-0.3, -0.25) is 4.79 Å². The van der Waals surface area contributed by atoms with Crippen LogP contribution in [0.3, 0.4) is 0 Å². The number of carbonyl (C=O) groups excluding carboxylic acids is 1. The Hall–Kier alpha value is -0.610. The first-order valence-corrected chi connectivity index (χ1v) is 6.78. The molecule has 2 rings (SSSR count). The fourth-order valence-corrected chi connectivity index (χ4v) is 2.73. The molecule has 0 aromatic heterocycles. The molecule has 2 heterocycles. The number of ether oxygens (including phenoxy) is 1. The molecule has 1 N–H and O–H groups in total. The minimum Gasteiger partial charge on any atom is -0.381 e. The summed E-state index contributed by atoms with van der Waals surface area (Å²) in [5.74, 6) is 1.39. The van der Waals surface area contributed by atoms with E-state index in [4.69, 9.17) is 4.74 Å². The number of nitrogens with one attached hydrogen (secondary N) is 1. The lowest BCUT2D eigenvalue weighted by molar-refractivity contribution is -0.131. The van der Waals surface area contributed by atoms with Gasteiger partial charge in [0, 0.05) is 26.6 Å². The Morgan fingerprint density at radius 2 is 2.29 bits per heavy atom. The highest BCUT2D eigenvalue weighted by Crippen LogP contribution is 2.17. The Morgan fingerprint density at radius 3 is 2.94 bits per heavy atom. The maximum atomic E-state index is 12.0. The van der Waals surface area contributed by atoms with Gasteiger partial charge in [-0.2, -0.15) is 0 Å². The van der Waals surface area contributed by atoms with Gasteiger partial charge in [-0.05, 0) is 44.2 Å². The van der Waals surface area contributed by atoms with E-state index in [9.17, 15) is 4.79 Å². The van der Waals surface area contributed by atoms with Crippen LogP contribution in [0.5, 0.6) is 0 Å². The van der Waals surface area contributed by atoms with Crippen LogP contribution in [0.1, 0.15) is 25.7 Å². The summed E-state index contributed by atoms with van der Waals surface area (Å²) in [4.78, 5) is 13.9. The van der Waals surface area contributed by atoms with E-state index in [2.05, 4.69) is 5.32 Å². The van der Waals surface area contributed by atoms with Crippen molar-refractivity contribution in [1.29, 1.82) is 0 Å². The van der Waals surface area contributed by atoms with Crippen LogP contribution in [0.15, 0.2) is 0 Å². The molecular weight excluding hydrogens is 216 g/mol. The Bertz CT molecular complexity index is 246. The average Bonchev–Trinajstić information content (AvgIpc) is 2.83. The van der Waals surface area contributed by atoms with Crippen LogP contribution < -0.4 is 5.32 Å². The molecule has 2 fully saturated rings. The highest BCUT2D eigenvalue weighted by Gasteiger charge is 2.22. The molecule has 0 spiro atoms. The van der Waals surface area contributed by atoms with E-state index >= 15 is 0 Å². The summed E-state index contributed by atoms with van der Waals surface area (Å²) >= 11 is 0. The minimum atomic E-state index is 0.296. The van der Waals surface area contributed by atoms with Crippen molar-refractivity contribution in [2.24, 2.45) is 11.8 Å². The minimum absolute atomic E-state index is 0.296. The summed E-state index contributed by atoms with van der Waals surface area (Å²) in [5.41, 5.74) is 0. The Labute approximate surface area is 104 Å². The third-order valence-electron chi connectivity index (χ3n) is 3.84. The molecule has 1 amide bonds. The zero-order chi connectivity index (χ0) is 12.1. The average molecular weight is 240 g/mol. The molecule has 4 nitrogen and oxygen atoms in total.